The van der Waals surface area contributed by atoms with E-state index in [2.05, 4.69) is 0 Å². The lowest BCUT2D eigenvalue weighted by Gasteiger charge is -2.19. The summed E-state index contributed by atoms with van der Waals surface area (Å²) in [7, 11) is 3.31. The van der Waals surface area contributed by atoms with Crippen molar-refractivity contribution in [3.05, 3.63) is 23.3 Å². The number of hydrogen-bond acceptors (Lipinski definition) is 4. The van der Waals surface area contributed by atoms with Gasteiger partial charge in [0, 0.05) is 6.04 Å². The van der Waals surface area contributed by atoms with E-state index in [0.717, 1.165) is 41.9 Å². The fourth-order valence-corrected chi connectivity index (χ4v) is 2.09. The molecule has 0 unspecified atom stereocenters. The normalized spacial score (nSPS) is 11.6. The summed E-state index contributed by atoms with van der Waals surface area (Å²) in [5.74, 6) is 1.60. The highest BCUT2D eigenvalue weighted by Gasteiger charge is 2.18. The zero-order chi connectivity index (χ0) is 13.5. The van der Waals surface area contributed by atoms with Gasteiger partial charge in [0.2, 0.25) is 0 Å². The van der Waals surface area contributed by atoms with Gasteiger partial charge in [0.15, 0.2) is 0 Å². The molecule has 0 saturated carbocycles. The lowest BCUT2D eigenvalue weighted by atomic mass is 9.98. The Labute approximate surface area is 121 Å². The van der Waals surface area contributed by atoms with Gasteiger partial charge < -0.3 is 20.9 Å². The quantitative estimate of drug-likeness (QED) is 0.757. The molecule has 0 heterocycles. The molecule has 19 heavy (non-hydrogen) atoms. The predicted octanol–water partition coefficient (Wildman–Crippen LogP) is 2.56. The van der Waals surface area contributed by atoms with Crippen molar-refractivity contribution in [1.29, 1.82) is 0 Å². The fraction of sp³-hybridized carbons (Fsp3) is 0.571. The monoisotopic (exact) mass is 288 g/mol. The Kier molecular flexibility index (Phi) is 8.56. The molecule has 0 saturated heterocycles. The minimum atomic E-state index is -0.0814. The summed E-state index contributed by atoms with van der Waals surface area (Å²) in [4.78, 5) is 0. The number of nitrogens with two attached hydrogens (primary N) is 2. The van der Waals surface area contributed by atoms with E-state index in [1.54, 1.807) is 14.2 Å². The Morgan fingerprint density at radius 3 is 2.05 bits per heavy atom. The molecular formula is C14H25ClN2O2. The number of unbranched alkanes of at least 4 members (excludes halogenated alkanes) is 1. The van der Waals surface area contributed by atoms with Crippen LogP contribution in [0.2, 0.25) is 0 Å². The molecule has 1 atom stereocenters. The van der Waals surface area contributed by atoms with E-state index in [1.807, 2.05) is 19.1 Å². The van der Waals surface area contributed by atoms with Crippen molar-refractivity contribution in [1.82, 2.24) is 0 Å². The van der Waals surface area contributed by atoms with Crippen molar-refractivity contribution < 1.29 is 9.47 Å². The van der Waals surface area contributed by atoms with Crippen LogP contribution in [-0.2, 0) is 0 Å². The van der Waals surface area contributed by atoms with Crippen LogP contribution in [0, 0.1) is 6.92 Å². The fourth-order valence-electron chi connectivity index (χ4n) is 2.09. The second-order valence-corrected chi connectivity index (χ2v) is 4.47. The summed E-state index contributed by atoms with van der Waals surface area (Å²) in [6.45, 7) is 2.71. The average molecular weight is 289 g/mol. The summed E-state index contributed by atoms with van der Waals surface area (Å²) >= 11 is 0. The highest BCUT2D eigenvalue weighted by Crippen LogP contribution is 2.36. The number of hydrogen-bond donors (Lipinski definition) is 2. The largest absolute Gasteiger partial charge is 0.496 e. The number of benzene rings is 1. The summed E-state index contributed by atoms with van der Waals surface area (Å²) < 4.78 is 10.8. The molecule has 0 aliphatic heterocycles. The Bertz CT molecular complexity index is 361. The van der Waals surface area contributed by atoms with Gasteiger partial charge in [-0.1, -0.05) is 6.42 Å². The van der Waals surface area contributed by atoms with E-state index >= 15 is 0 Å². The lowest BCUT2D eigenvalue weighted by molar-refractivity contribution is 0.375. The minimum absolute atomic E-state index is 0. The third kappa shape index (κ3) is 4.90. The van der Waals surface area contributed by atoms with E-state index in [0.29, 0.717) is 6.54 Å². The molecule has 4 nitrogen and oxygen atoms in total. The van der Waals surface area contributed by atoms with Gasteiger partial charge in [-0.25, -0.2) is 0 Å². The molecule has 0 aliphatic carbocycles. The van der Waals surface area contributed by atoms with Crippen LogP contribution in [0.25, 0.3) is 0 Å². The maximum atomic E-state index is 6.24. The van der Waals surface area contributed by atoms with E-state index in [9.17, 15) is 0 Å². The zero-order valence-corrected chi connectivity index (χ0v) is 12.8. The van der Waals surface area contributed by atoms with Crippen molar-refractivity contribution in [2.75, 3.05) is 20.8 Å². The van der Waals surface area contributed by atoms with Crippen LogP contribution in [0.3, 0.4) is 0 Å². The highest BCUT2D eigenvalue weighted by atomic mass is 35.5. The van der Waals surface area contributed by atoms with Gasteiger partial charge in [0.1, 0.15) is 11.5 Å². The van der Waals surface area contributed by atoms with E-state index in [1.165, 1.54) is 0 Å². The molecule has 1 rings (SSSR count). The van der Waals surface area contributed by atoms with Gasteiger partial charge in [-0.3, -0.25) is 0 Å². The summed E-state index contributed by atoms with van der Waals surface area (Å²) in [5, 5.41) is 0. The van der Waals surface area contributed by atoms with Gasteiger partial charge in [0.05, 0.1) is 19.8 Å². The van der Waals surface area contributed by atoms with E-state index in [-0.39, 0.29) is 18.4 Å². The average Bonchev–Trinajstić information content (AvgIpc) is 2.37. The molecule has 0 amide bonds. The van der Waals surface area contributed by atoms with Crippen LogP contribution in [0.15, 0.2) is 12.1 Å². The van der Waals surface area contributed by atoms with Crippen LogP contribution < -0.4 is 20.9 Å². The molecule has 0 fully saturated rings. The van der Waals surface area contributed by atoms with Crippen LogP contribution in [-0.4, -0.2) is 20.8 Å². The summed E-state index contributed by atoms with van der Waals surface area (Å²) in [6, 6.07) is 3.89. The van der Waals surface area contributed by atoms with Gasteiger partial charge in [-0.2, -0.15) is 0 Å². The number of ether oxygens (including phenoxy) is 2. The van der Waals surface area contributed by atoms with Crippen molar-refractivity contribution in [3.63, 3.8) is 0 Å². The summed E-state index contributed by atoms with van der Waals surface area (Å²) in [5.41, 5.74) is 13.8. The number of methoxy groups -OCH3 is 2. The Hall–Kier alpha value is -0.970. The SMILES string of the molecule is COc1cc(C)cc(OC)c1[C@H](N)CCCCN.Cl. The Morgan fingerprint density at radius 2 is 1.63 bits per heavy atom. The molecule has 0 spiro atoms. The summed E-state index contributed by atoms with van der Waals surface area (Å²) in [6.07, 6.45) is 2.88. The molecule has 0 bridgehead atoms. The predicted molar refractivity (Wildman–Crippen MR) is 81.4 cm³/mol. The minimum Gasteiger partial charge on any atom is -0.496 e. The molecule has 0 radical (unpaired) electrons. The molecule has 0 aliphatic rings. The molecule has 1 aromatic rings. The zero-order valence-electron chi connectivity index (χ0n) is 11.9. The van der Waals surface area contributed by atoms with Gasteiger partial charge in [-0.05, 0) is 44.0 Å². The maximum absolute atomic E-state index is 6.24. The highest BCUT2D eigenvalue weighted by molar-refractivity contribution is 5.85. The number of aryl methyl sites for hydroxylation is 1. The van der Waals surface area contributed by atoms with E-state index < -0.39 is 0 Å². The van der Waals surface area contributed by atoms with Crippen LogP contribution in [0.5, 0.6) is 11.5 Å². The first kappa shape index (κ1) is 18.0. The second-order valence-electron chi connectivity index (χ2n) is 4.47. The van der Waals surface area contributed by atoms with Crippen molar-refractivity contribution in [2.24, 2.45) is 11.5 Å². The molecule has 5 heteroatoms. The third-order valence-electron chi connectivity index (χ3n) is 3.03. The standard InChI is InChI=1S/C14H24N2O2.ClH/c1-10-8-12(17-2)14(13(9-10)18-3)11(16)6-4-5-7-15;/h8-9,11H,4-7,15-16H2,1-3H3;1H/t11-;/m1./s1. The van der Waals surface area contributed by atoms with Crippen LogP contribution in [0.4, 0.5) is 0 Å². The first-order valence-electron chi connectivity index (χ1n) is 6.32. The van der Waals surface area contributed by atoms with E-state index in [4.69, 9.17) is 20.9 Å². The van der Waals surface area contributed by atoms with Crippen molar-refractivity contribution in [3.8, 4) is 11.5 Å². The van der Waals surface area contributed by atoms with Gasteiger partial charge in [-0.15, -0.1) is 12.4 Å². The number of halogens is 1. The van der Waals surface area contributed by atoms with Gasteiger partial charge >= 0.3 is 0 Å². The lowest BCUT2D eigenvalue weighted by Crippen LogP contribution is -2.14. The maximum Gasteiger partial charge on any atom is 0.127 e. The first-order chi connectivity index (χ1) is 8.63. The molecule has 110 valence electrons. The van der Waals surface area contributed by atoms with Crippen molar-refractivity contribution in [2.45, 2.75) is 32.2 Å². The Balaban J connectivity index is 0.00000324. The Morgan fingerprint density at radius 1 is 1.11 bits per heavy atom. The molecule has 0 aromatic heterocycles. The number of rotatable bonds is 7. The molecular weight excluding hydrogens is 264 g/mol. The van der Waals surface area contributed by atoms with Crippen LogP contribution in [0.1, 0.15) is 36.4 Å². The molecule has 4 N–H and O–H groups in total. The van der Waals surface area contributed by atoms with Crippen molar-refractivity contribution >= 4 is 12.4 Å². The third-order valence-corrected chi connectivity index (χ3v) is 3.03. The topological polar surface area (TPSA) is 70.5 Å². The van der Waals surface area contributed by atoms with Gasteiger partial charge in [0.25, 0.3) is 0 Å². The first-order valence-corrected chi connectivity index (χ1v) is 6.32. The molecule has 1 aromatic carbocycles. The second kappa shape index (κ2) is 9.02. The smallest absolute Gasteiger partial charge is 0.127 e. The van der Waals surface area contributed by atoms with Crippen LogP contribution >= 0.6 is 12.4 Å².